The van der Waals surface area contributed by atoms with E-state index in [1.165, 1.54) is 11.8 Å². The summed E-state index contributed by atoms with van der Waals surface area (Å²) < 4.78 is 28.4. The molecule has 5 heteroatoms. The van der Waals surface area contributed by atoms with Crippen LogP contribution in [0.15, 0.2) is 52.9 Å². The Labute approximate surface area is 148 Å². The summed E-state index contributed by atoms with van der Waals surface area (Å²) in [5.41, 5.74) is 4.07. The largest absolute Gasteiger partial charge is 0.497 e. The average molecular weight is 356 g/mol. The van der Waals surface area contributed by atoms with Gasteiger partial charge in [0.1, 0.15) is 12.0 Å². The number of sulfone groups is 1. The van der Waals surface area contributed by atoms with Crippen molar-refractivity contribution in [2.45, 2.75) is 23.7 Å². The third-order valence-corrected chi connectivity index (χ3v) is 5.70. The van der Waals surface area contributed by atoms with Gasteiger partial charge in [-0.15, -0.1) is 0 Å². The van der Waals surface area contributed by atoms with Crippen LogP contribution in [0.4, 0.5) is 0 Å². The van der Waals surface area contributed by atoms with Gasteiger partial charge in [-0.05, 0) is 53.8 Å². The maximum absolute atomic E-state index is 11.7. The minimum Gasteiger partial charge on any atom is -0.497 e. The SMILES string of the molecule is COc1ccc2c(c1)C(C=O)C(=Cc1ccc(S(C)(=O)=O)cc1)CC2. The second-order valence-corrected chi connectivity index (χ2v) is 8.25. The van der Waals surface area contributed by atoms with Crippen LogP contribution in [0, 0.1) is 0 Å². The number of allylic oxidation sites excluding steroid dienone is 1. The zero-order valence-electron chi connectivity index (χ0n) is 14.2. The van der Waals surface area contributed by atoms with Gasteiger partial charge in [-0.3, -0.25) is 0 Å². The maximum Gasteiger partial charge on any atom is 0.175 e. The molecule has 1 atom stereocenters. The van der Waals surface area contributed by atoms with Gasteiger partial charge < -0.3 is 9.53 Å². The van der Waals surface area contributed by atoms with Crippen LogP contribution in [0.5, 0.6) is 5.75 Å². The van der Waals surface area contributed by atoms with Gasteiger partial charge in [0.2, 0.25) is 0 Å². The fraction of sp³-hybridized carbons (Fsp3) is 0.250. The molecule has 0 saturated carbocycles. The average Bonchev–Trinajstić information content (AvgIpc) is 2.60. The standard InChI is InChI=1S/C20H20O4S/c1-24-17-8-7-15-5-6-16(20(13-21)19(15)12-17)11-14-3-9-18(10-4-14)25(2,22)23/h3-4,7-13,20H,5-6H2,1-2H3. The van der Waals surface area contributed by atoms with Gasteiger partial charge in [-0.1, -0.05) is 29.8 Å². The zero-order chi connectivity index (χ0) is 18.0. The van der Waals surface area contributed by atoms with Crippen molar-refractivity contribution in [3.63, 3.8) is 0 Å². The highest BCUT2D eigenvalue weighted by Crippen LogP contribution is 2.37. The van der Waals surface area contributed by atoms with Gasteiger partial charge in [0.25, 0.3) is 0 Å². The number of aryl methyl sites for hydroxylation is 1. The minimum atomic E-state index is -3.21. The second kappa shape index (κ2) is 6.84. The summed E-state index contributed by atoms with van der Waals surface area (Å²) in [6.07, 6.45) is 5.81. The van der Waals surface area contributed by atoms with Crippen molar-refractivity contribution in [2.24, 2.45) is 0 Å². The Bertz CT molecular complexity index is 925. The third-order valence-electron chi connectivity index (χ3n) is 4.57. The van der Waals surface area contributed by atoms with E-state index >= 15 is 0 Å². The number of carbonyl (C=O) groups is 1. The molecule has 1 aliphatic rings. The summed E-state index contributed by atoms with van der Waals surface area (Å²) in [4.78, 5) is 12.0. The Hall–Kier alpha value is -2.40. The fourth-order valence-electron chi connectivity index (χ4n) is 3.20. The molecule has 1 aliphatic carbocycles. The van der Waals surface area contributed by atoms with Crippen molar-refractivity contribution in [3.05, 3.63) is 64.7 Å². The van der Waals surface area contributed by atoms with E-state index in [0.717, 1.165) is 41.6 Å². The first-order chi connectivity index (χ1) is 11.9. The first kappa shape index (κ1) is 17.4. The lowest BCUT2D eigenvalue weighted by Gasteiger charge is -2.25. The van der Waals surface area contributed by atoms with Crippen LogP contribution < -0.4 is 4.74 Å². The van der Waals surface area contributed by atoms with E-state index in [-0.39, 0.29) is 5.92 Å². The van der Waals surface area contributed by atoms with Gasteiger partial charge in [0.15, 0.2) is 9.84 Å². The summed E-state index contributed by atoms with van der Waals surface area (Å²) in [7, 11) is -1.59. The lowest BCUT2D eigenvalue weighted by atomic mass is 9.79. The molecule has 130 valence electrons. The lowest BCUT2D eigenvalue weighted by molar-refractivity contribution is -0.108. The van der Waals surface area contributed by atoms with Crippen LogP contribution in [0.25, 0.3) is 6.08 Å². The smallest absolute Gasteiger partial charge is 0.175 e. The van der Waals surface area contributed by atoms with Gasteiger partial charge in [-0.25, -0.2) is 8.42 Å². The second-order valence-electron chi connectivity index (χ2n) is 6.24. The first-order valence-electron chi connectivity index (χ1n) is 8.05. The van der Waals surface area contributed by atoms with Crippen LogP contribution in [0.1, 0.15) is 29.0 Å². The van der Waals surface area contributed by atoms with Gasteiger partial charge >= 0.3 is 0 Å². The Morgan fingerprint density at radius 1 is 1.08 bits per heavy atom. The van der Waals surface area contributed by atoms with Crippen LogP contribution in [0.3, 0.4) is 0 Å². The minimum absolute atomic E-state index is 0.292. The highest BCUT2D eigenvalue weighted by molar-refractivity contribution is 7.90. The van der Waals surface area contributed by atoms with Crippen molar-refractivity contribution in [1.82, 2.24) is 0 Å². The number of benzene rings is 2. The van der Waals surface area contributed by atoms with E-state index in [1.54, 1.807) is 31.4 Å². The number of hydrogen-bond donors (Lipinski definition) is 0. The molecule has 0 aromatic heterocycles. The normalized spacial score (nSPS) is 18.6. The number of ether oxygens (including phenoxy) is 1. The van der Waals surface area contributed by atoms with E-state index in [1.807, 2.05) is 24.3 Å². The summed E-state index contributed by atoms with van der Waals surface area (Å²) in [5, 5.41) is 0. The zero-order valence-corrected chi connectivity index (χ0v) is 15.0. The molecule has 4 nitrogen and oxygen atoms in total. The lowest BCUT2D eigenvalue weighted by Crippen LogP contribution is -2.14. The molecule has 0 radical (unpaired) electrons. The van der Waals surface area contributed by atoms with Crippen molar-refractivity contribution in [3.8, 4) is 5.75 Å². The number of aldehydes is 1. The summed E-state index contributed by atoms with van der Waals surface area (Å²) >= 11 is 0. The Morgan fingerprint density at radius 3 is 2.40 bits per heavy atom. The number of methoxy groups -OCH3 is 1. The number of rotatable bonds is 4. The summed E-state index contributed by atoms with van der Waals surface area (Å²) in [6.45, 7) is 0. The van der Waals surface area contributed by atoms with Crippen molar-refractivity contribution in [1.29, 1.82) is 0 Å². The maximum atomic E-state index is 11.7. The van der Waals surface area contributed by atoms with Crippen molar-refractivity contribution in [2.75, 3.05) is 13.4 Å². The molecule has 2 aromatic carbocycles. The molecule has 2 aromatic rings. The van der Waals surface area contributed by atoms with Crippen molar-refractivity contribution >= 4 is 22.2 Å². The summed E-state index contributed by atoms with van der Waals surface area (Å²) in [5.74, 6) is 0.442. The van der Waals surface area contributed by atoms with Crippen LogP contribution in [-0.4, -0.2) is 28.1 Å². The molecule has 3 rings (SSSR count). The van der Waals surface area contributed by atoms with Crippen molar-refractivity contribution < 1.29 is 17.9 Å². The molecular formula is C20H20O4S. The topological polar surface area (TPSA) is 60.4 Å². The van der Waals surface area contributed by atoms with E-state index in [2.05, 4.69) is 0 Å². The predicted octanol–water partition coefficient (Wildman–Crippen LogP) is 3.41. The molecule has 0 N–H and O–H groups in total. The Morgan fingerprint density at radius 2 is 1.80 bits per heavy atom. The van der Waals surface area contributed by atoms with Crippen LogP contribution in [0.2, 0.25) is 0 Å². The fourth-order valence-corrected chi connectivity index (χ4v) is 3.83. The third kappa shape index (κ3) is 3.66. The number of hydrogen-bond acceptors (Lipinski definition) is 4. The molecule has 0 aliphatic heterocycles. The van der Waals surface area contributed by atoms with E-state index in [9.17, 15) is 13.2 Å². The van der Waals surface area contributed by atoms with E-state index < -0.39 is 9.84 Å². The Balaban J connectivity index is 1.96. The van der Waals surface area contributed by atoms with E-state index in [4.69, 9.17) is 4.74 Å². The molecule has 0 bridgehead atoms. The molecule has 1 unspecified atom stereocenters. The molecule has 0 saturated heterocycles. The highest BCUT2D eigenvalue weighted by atomic mass is 32.2. The molecule has 25 heavy (non-hydrogen) atoms. The molecular weight excluding hydrogens is 336 g/mol. The highest BCUT2D eigenvalue weighted by Gasteiger charge is 2.24. The van der Waals surface area contributed by atoms with Crippen LogP contribution >= 0.6 is 0 Å². The molecule has 0 fully saturated rings. The number of fused-ring (bicyclic) bond motifs is 1. The summed E-state index contributed by atoms with van der Waals surface area (Å²) in [6, 6.07) is 12.6. The van der Waals surface area contributed by atoms with Gasteiger partial charge in [-0.2, -0.15) is 0 Å². The molecule has 0 spiro atoms. The van der Waals surface area contributed by atoms with Gasteiger partial charge in [0, 0.05) is 6.26 Å². The Kier molecular flexibility index (Phi) is 4.77. The first-order valence-corrected chi connectivity index (χ1v) is 9.94. The van der Waals surface area contributed by atoms with E-state index in [0.29, 0.717) is 4.90 Å². The molecule has 0 amide bonds. The number of carbonyl (C=O) groups excluding carboxylic acids is 1. The predicted molar refractivity (Wildman–Crippen MR) is 97.6 cm³/mol. The quantitative estimate of drug-likeness (QED) is 0.788. The monoisotopic (exact) mass is 356 g/mol. The molecule has 0 heterocycles. The van der Waals surface area contributed by atoms with Crippen LogP contribution in [-0.2, 0) is 21.1 Å². The van der Waals surface area contributed by atoms with Gasteiger partial charge in [0.05, 0.1) is 17.9 Å².